The summed E-state index contributed by atoms with van der Waals surface area (Å²) < 4.78 is 39.7. The van der Waals surface area contributed by atoms with Crippen LogP contribution in [0.2, 0.25) is 0 Å². The monoisotopic (exact) mass is 364 g/mol. The molecule has 4 nitrogen and oxygen atoms in total. The van der Waals surface area contributed by atoms with Gasteiger partial charge in [-0.3, -0.25) is 9.59 Å². The largest absolute Gasteiger partial charge is 0.338 e. The molecule has 0 fully saturated rings. The molecule has 0 aromatic heterocycles. The lowest BCUT2D eigenvalue weighted by Crippen LogP contribution is -2.31. The van der Waals surface area contributed by atoms with Gasteiger partial charge in [-0.25, -0.2) is 13.2 Å². The van der Waals surface area contributed by atoms with Crippen molar-refractivity contribution in [3.05, 3.63) is 65.0 Å². The van der Waals surface area contributed by atoms with Crippen LogP contribution in [0.15, 0.2) is 36.4 Å². The van der Waals surface area contributed by atoms with Crippen molar-refractivity contribution >= 4 is 17.5 Å². The number of hydrogen-bond acceptors (Lipinski definition) is 2. The molecule has 0 saturated carbocycles. The van der Waals surface area contributed by atoms with Gasteiger partial charge in [0.2, 0.25) is 11.8 Å². The maximum absolute atomic E-state index is 13.6. The molecule has 0 radical (unpaired) electrons. The molecule has 138 valence electrons. The van der Waals surface area contributed by atoms with E-state index in [0.29, 0.717) is 6.54 Å². The minimum absolute atomic E-state index is 0.107. The molecule has 1 N–H and O–H groups in total. The lowest BCUT2D eigenvalue weighted by Gasteiger charge is -2.21. The molecule has 0 atom stereocenters. The lowest BCUT2D eigenvalue weighted by molar-refractivity contribution is -0.129. The van der Waals surface area contributed by atoms with E-state index in [2.05, 4.69) is 5.32 Å². The number of anilines is 1. The van der Waals surface area contributed by atoms with E-state index in [1.54, 1.807) is 0 Å². The van der Waals surface area contributed by atoms with Crippen molar-refractivity contribution < 1.29 is 22.8 Å². The number of hydrogen-bond donors (Lipinski definition) is 1. The van der Waals surface area contributed by atoms with E-state index in [1.165, 1.54) is 11.8 Å². The van der Waals surface area contributed by atoms with Crippen molar-refractivity contribution in [3.63, 3.8) is 0 Å². The number of carbonyl (C=O) groups excluding carboxylic acids is 2. The maximum atomic E-state index is 13.6. The molecule has 0 aliphatic carbocycles. The highest BCUT2D eigenvalue weighted by Gasteiger charge is 2.16. The highest BCUT2D eigenvalue weighted by atomic mass is 19.2. The average Bonchev–Trinajstić information content (AvgIpc) is 2.60. The zero-order valence-corrected chi connectivity index (χ0v) is 14.5. The van der Waals surface area contributed by atoms with Crippen molar-refractivity contribution in [1.29, 1.82) is 0 Å². The third kappa shape index (κ3) is 5.08. The fraction of sp³-hybridized carbons (Fsp3) is 0.263. The van der Waals surface area contributed by atoms with E-state index >= 15 is 0 Å². The first-order valence-corrected chi connectivity index (χ1v) is 8.02. The van der Waals surface area contributed by atoms with E-state index in [0.717, 1.165) is 23.3 Å². The Labute approximate surface area is 149 Å². The number of halogens is 3. The lowest BCUT2D eigenvalue weighted by atomic mass is 10.1. The van der Waals surface area contributed by atoms with Crippen LogP contribution in [0, 0.1) is 24.4 Å². The van der Waals surface area contributed by atoms with Gasteiger partial charge in [0, 0.05) is 26.4 Å². The molecule has 0 heterocycles. The van der Waals surface area contributed by atoms with E-state index in [4.69, 9.17) is 0 Å². The molecule has 2 amide bonds. The Morgan fingerprint density at radius 3 is 2.27 bits per heavy atom. The third-order valence-corrected chi connectivity index (χ3v) is 3.86. The summed E-state index contributed by atoms with van der Waals surface area (Å²) in [4.78, 5) is 25.2. The van der Waals surface area contributed by atoms with E-state index in [9.17, 15) is 22.8 Å². The predicted octanol–water partition coefficient (Wildman–Crippen LogP) is 3.79. The smallest absolute Gasteiger partial charge is 0.226 e. The molecular weight excluding hydrogens is 345 g/mol. The molecule has 0 unspecified atom stereocenters. The number of nitrogens with zero attached hydrogens (tertiary/aromatic N) is 1. The third-order valence-electron chi connectivity index (χ3n) is 3.86. The summed E-state index contributed by atoms with van der Waals surface area (Å²) in [6.45, 7) is 3.79. The Hall–Kier alpha value is -2.83. The van der Waals surface area contributed by atoms with Gasteiger partial charge in [0.15, 0.2) is 17.5 Å². The van der Waals surface area contributed by atoms with Gasteiger partial charge in [-0.2, -0.15) is 0 Å². The van der Waals surface area contributed by atoms with Gasteiger partial charge in [-0.05, 0) is 24.6 Å². The summed E-state index contributed by atoms with van der Waals surface area (Å²) in [6.07, 6.45) is -0.107. The normalized spacial score (nSPS) is 10.5. The summed E-state index contributed by atoms with van der Waals surface area (Å²) >= 11 is 0. The van der Waals surface area contributed by atoms with Gasteiger partial charge in [0.05, 0.1) is 5.69 Å². The first-order valence-electron chi connectivity index (χ1n) is 8.02. The fourth-order valence-corrected chi connectivity index (χ4v) is 2.33. The van der Waals surface area contributed by atoms with Gasteiger partial charge in [0.1, 0.15) is 0 Å². The quantitative estimate of drug-likeness (QED) is 0.793. The fourth-order valence-electron chi connectivity index (χ4n) is 2.33. The molecule has 0 saturated heterocycles. The van der Waals surface area contributed by atoms with Gasteiger partial charge >= 0.3 is 0 Å². The van der Waals surface area contributed by atoms with Gasteiger partial charge < -0.3 is 10.2 Å². The van der Waals surface area contributed by atoms with Crippen molar-refractivity contribution in [2.75, 3.05) is 11.9 Å². The maximum Gasteiger partial charge on any atom is 0.226 e. The van der Waals surface area contributed by atoms with Gasteiger partial charge in [0.25, 0.3) is 0 Å². The van der Waals surface area contributed by atoms with E-state index in [-0.39, 0.29) is 18.9 Å². The molecule has 2 aromatic carbocycles. The molecule has 26 heavy (non-hydrogen) atoms. The molecule has 0 bridgehead atoms. The topological polar surface area (TPSA) is 49.4 Å². The van der Waals surface area contributed by atoms with Crippen LogP contribution in [0.3, 0.4) is 0 Å². The summed E-state index contributed by atoms with van der Waals surface area (Å²) in [6, 6.07) is 9.30. The summed E-state index contributed by atoms with van der Waals surface area (Å²) in [5, 5.41) is 2.19. The number of rotatable bonds is 6. The van der Waals surface area contributed by atoms with Crippen molar-refractivity contribution in [2.24, 2.45) is 0 Å². The highest BCUT2D eigenvalue weighted by Crippen LogP contribution is 2.19. The second kappa shape index (κ2) is 8.51. The second-order valence-electron chi connectivity index (χ2n) is 5.95. The number of aryl methyl sites for hydroxylation is 1. The van der Waals surface area contributed by atoms with Crippen molar-refractivity contribution in [3.8, 4) is 0 Å². The van der Waals surface area contributed by atoms with Crippen LogP contribution >= 0.6 is 0 Å². The predicted molar refractivity (Wildman–Crippen MR) is 91.8 cm³/mol. The first-order chi connectivity index (χ1) is 12.3. The van der Waals surface area contributed by atoms with Crippen LogP contribution in [0.4, 0.5) is 18.9 Å². The number of benzene rings is 2. The standard InChI is InChI=1S/C19H19F3N2O2/c1-12-3-5-14(6-4-12)11-24(13(2)25)10-9-17(26)23-16-8-7-15(20)18(21)19(16)22/h3-8H,9-11H2,1-2H3,(H,23,26). The van der Waals surface area contributed by atoms with Crippen molar-refractivity contribution in [2.45, 2.75) is 26.8 Å². The highest BCUT2D eigenvalue weighted by molar-refractivity contribution is 5.91. The zero-order chi connectivity index (χ0) is 19.3. The first kappa shape index (κ1) is 19.5. The average molecular weight is 364 g/mol. The van der Waals surface area contributed by atoms with E-state index in [1.807, 2.05) is 31.2 Å². The summed E-state index contributed by atoms with van der Waals surface area (Å²) in [7, 11) is 0. The molecule has 2 aromatic rings. The summed E-state index contributed by atoms with van der Waals surface area (Å²) in [5.74, 6) is -5.25. The second-order valence-corrected chi connectivity index (χ2v) is 5.95. The Bertz CT molecular complexity index is 807. The Kier molecular flexibility index (Phi) is 6.38. The SMILES string of the molecule is CC(=O)N(CCC(=O)Nc1ccc(F)c(F)c1F)Cc1ccc(C)cc1. The summed E-state index contributed by atoms with van der Waals surface area (Å²) in [5.41, 5.74) is 1.57. The number of nitrogens with one attached hydrogen (secondary N) is 1. The molecule has 0 aliphatic rings. The minimum Gasteiger partial charge on any atom is -0.338 e. The molecule has 7 heteroatoms. The van der Waals surface area contributed by atoms with Crippen LogP contribution < -0.4 is 5.32 Å². The van der Waals surface area contributed by atoms with Crippen LogP contribution in [0.25, 0.3) is 0 Å². The molecule has 2 rings (SSSR count). The molecular formula is C19H19F3N2O2. The minimum atomic E-state index is -1.65. The Balaban J connectivity index is 1.96. The molecule has 0 spiro atoms. The van der Waals surface area contributed by atoms with E-state index < -0.39 is 29.0 Å². The number of amides is 2. The van der Waals surface area contributed by atoms with Crippen molar-refractivity contribution in [1.82, 2.24) is 4.90 Å². The van der Waals surface area contributed by atoms with Crippen LogP contribution in [-0.2, 0) is 16.1 Å². The van der Waals surface area contributed by atoms with Crippen LogP contribution in [-0.4, -0.2) is 23.3 Å². The van der Waals surface area contributed by atoms with Gasteiger partial charge in [-0.15, -0.1) is 0 Å². The van der Waals surface area contributed by atoms with Gasteiger partial charge in [-0.1, -0.05) is 29.8 Å². The Morgan fingerprint density at radius 2 is 1.65 bits per heavy atom. The zero-order valence-electron chi connectivity index (χ0n) is 14.5. The van der Waals surface area contributed by atoms with Crippen LogP contribution in [0.5, 0.6) is 0 Å². The van der Waals surface area contributed by atoms with Crippen LogP contribution in [0.1, 0.15) is 24.5 Å². The molecule has 0 aliphatic heterocycles. The Morgan fingerprint density at radius 1 is 1.00 bits per heavy atom. The number of carbonyl (C=O) groups is 2.